The van der Waals surface area contributed by atoms with Crippen molar-refractivity contribution in [3.8, 4) is 5.75 Å². The number of fused-ring (bicyclic) bond motifs is 1. The average molecular weight is 520 g/mol. The van der Waals surface area contributed by atoms with E-state index in [4.69, 9.17) is 4.89 Å². The molecule has 0 saturated carbocycles. The van der Waals surface area contributed by atoms with E-state index in [-0.39, 0.29) is 18.2 Å². The molecule has 3 aromatic carbocycles. The van der Waals surface area contributed by atoms with E-state index in [9.17, 15) is 15.2 Å². The minimum Gasteiger partial charge on any atom is -0.508 e. The van der Waals surface area contributed by atoms with E-state index in [1.165, 1.54) is 4.90 Å². The van der Waals surface area contributed by atoms with E-state index >= 15 is 0 Å². The Kier molecular flexibility index (Phi) is 5.95. The number of hydrogen-bond donors (Lipinski definition) is 3. The lowest BCUT2D eigenvalue weighted by Crippen LogP contribution is -2.50. The van der Waals surface area contributed by atoms with Crippen molar-refractivity contribution in [2.24, 2.45) is 4.99 Å². The molecule has 7 nitrogen and oxygen atoms in total. The van der Waals surface area contributed by atoms with Crippen LogP contribution < -0.4 is 5.32 Å². The summed E-state index contributed by atoms with van der Waals surface area (Å²) in [5.74, 6) is 0.161. The van der Waals surface area contributed by atoms with Crippen molar-refractivity contribution in [3.63, 3.8) is 0 Å². The molecule has 0 unspecified atom stereocenters. The predicted octanol–water partition coefficient (Wildman–Crippen LogP) is 4.34. The number of amides is 1. The highest BCUT2D eigenvalue weighted by Crippen LogP contribution is 2.34. The van der Waals surface area contributed by atoms with Gasteiger partial charge in [0.05, 0.1) is 11.7 Å². The van der Waals surface area contributed by atoms with Gasteiger partial charge in [0.1, 0.15) is 11.6 Å². The van der Waals surface area contributed by atoms with Gasteiger partial charge in [-0.05, 0) is 59.5 Å². The zero-order chi connectivity index (χ0) is 23.7. The number of carbonyl (C=O) groups is 1. The lowest BCUT2D eigenvalue weighted by Gasteiger charge is -2.31. The van der Waals surface area contributed by atoms with E-state index in [1.54, 1.807) is 30.5 Å². The zero-order valence-electron chi connectivity index (χ0n) is 18.1. The summed E-state index contributed by atoms with van der Waals surface area (Å²) >= 11 is 3.41. The van der Waals surface area contributed by atoms with Crippen molar-refractivity contribution in [2.45, 2.75) is 24.6 Å². The van der Waals surface area contributed by atoms with Crippen LogP contribution in [-0.2, 0) is 22.5 Å². The first kappa shape index (κ1) is 22.3. The second-order valence-corrected chi connectivity index (χ2v) is 9.22. The molecule has 2 aliphatic rings. The molecular weight excluding hydrogens is 498 g/mol. The Morgan fingerprint density at radius 2 is 1.71 bits per heavy atom. The number of nitrogens with zero attached hydrogens (tertiary/aromatic N) is 2. The monoisotopic (exact) mass is 519 g/mol. The molecule has 172 valence electrons. The third-order valence-corrected chi connectivity index (χ3v) is 6.49. The Morgan fingerprint density at radius 3 is 2.38 bits per heavy atom. The molecule has 34 heavy (non-hydrogen) atoms. The first-order valence-corrected chi connectivity index (χ1v) is 11.6. The van der Waals surface area contributed by atoms with Gasteiger partial charge < -0.3 is 10.4 Å². The van der Waals surface area contributed by atoms with Crippen LogP contribution in [0.3, 0.4) is 0 Å². The van der Waals surface area contributed by atoms with Crippen molar-refractivity contribution < 1.29 is 20.0 Å². The summed E-state index contributed by atoms with van der Waals surface area (Å²) in [5.41, 5.74) is 1.59. The number of halogens is 1. The topological polar surface area (TPSA) is 94.4 Å². The lowest BCUT2D eigenvalue weighted by molar-refractivity contribution is -0.308. The molecule has 2 atom stereocenters. The second-order valence-electron chi connectivity index (χ2n) is 8.30. The number of amidine groups is 1. The summed E-state index contributed by atoms with van der Waals surface area (Å²) in [6.07, 6.45) is 2.31. The largest absolute Gasteiger partial charge is 0.508 e. The van der Waals surface area contributed by atoms with Crippen molar-refractivity contribution in [3.05, 3.63) is 106 Å². The molecule has 0 fully saturated rings. The van der Waals surface area contributed by atoms with Crippen LogP contribution in [0.2, 0.25) is 0 Å². The number of hydrogen-bond acceptors (Lipinski definition) is 6. The van der Waals surface area contributed by atoms with E-state index in [1.807, 2.05) is 54.6 Å². The molecule has 0 spiro atoms. The van der Waals surface area contributed by atoms with E-state index < -0.39 is 11.6 Å². The van der Waals surface area contributed by atoms with Crippen molar-refractivity contribution in [1.29, 1.82) is 0 Å². The zero-order valence-corrected chi connectivity index (χ0v) is 19.6. The number of carbonyl (C=O) groups excluding carboxylic acids is 1. The van der Waals surface area contributed by atoms with Crippen molar-refractivity contribution >= 4 is 33.4 Å². The van der Waals surface area contributed by atoms with Gasteiger partial charge in [0.2, 0.25) is 0 Å². The fraction of sp³-hybridized carbons (Fsp3) is 0.154. The van der Waals surface area contributed by atoms with Crippen LogP contribution in [0.5, 0.6) is 5.75 Å². The minimum absolute atomic E-state index is 0.0794. The van der Waals surface area contributed by atoms with Gasteiger partial charge in [0, 0.05) is 17.1 Å². The van der Waals surface area contributed by atoms with Crippen LogP contribution in [0, 0.1) is 0 Å². The van der Waals surface area contributed by atoms with Gasteiger partial charge in [-0.2, -0.15) is 4.89 Å². The first-order chi connectivity index (χ1) is 16.5. The molecule has 1 amide bonds. The standard InChI is InChI=1S/C26H22BrN3O4/c27-20-10-6-18(7-11-20)15-26(34-33)25(32)30-16-23(19-8-12-21(31)13-9-19)28-22(24(30)29-26)14-17-4-2-1-3-5-17/h1-13,16,22,28,31,33H,14-15H2/t22-,26+/m0/s1. The van der Waals surface area contributed by atoms with Gasteiger partial charge in [0.25, 0.3) is 11.6 Å². The maximum atomic E-state index is 13.6. The van der Waals surface area contributed by atoms with Gasteiger partial charge in [-0.3, -0.25) is 9.69 Å². The fourth-order valence-corrected chi connectivity index (χ4v) is 4.51. The van der Waals surface area contributed by atoms with Crippen molar-refractivity contribution in [1.82, 2.24) is 10.2 Å². The molecule has 0 radical (unpaired) electrons. The van der Waals surface area contributed by atoms with Crippen LogP contribution >= 0.6 is 15.9 Å². The summed E-state index contributed by atoms with van der Waals surface area (Å²) < 4.78 is 0.908. The number of aliphatic imine (C=N–C) groups is 1. The van der Waals surface area contributed by atoms with Gasteiger partial charge in [-0.25, -0.2) is 10.2 Å². The molecule has 2 aliphatic heterocycles. The van der Waals surface area contributed by atoms with Gasteiger partial charge in [0.15, 0.2) is 0 Å². The van der Waals surface area contributed by atoms with E-state index in [0.29, 0.717) is 18.0 Å². The summed E-state index contributed by atoms with van der Waals surface area (Å²) in [6.45, 7) is 0. The summed E-state index contributed by atoms with van der Waals surface area (Å²) in [7, 11) is 0. The van der Waals surface area contributed by atoms with Gasteiger partial charge in [-0.1, -0.05) is 58.4 Å². The van der Waals surface area contributed by atoms with Crippen LogP contribution in [-0.4, -0.2) is 38.8 Å². The van der Waals surface area contributed by atoms with Crippen LogP contribution in [0.25, 0.3) is 5.70 Å². The molecule has 3 N–H and O–H groups in total. The highest BCUT2D eigenvalue weighted by molar-refractivity contribution is 9.10. The molecule has 5 rings (SSSR count). The number of benzene rings is 3. The minimum atomic E-state index is -1.78. The number of phenols is 1. The highest BCUT2D eigenvalue weighted by atomic mass is 79.9. The van der Waals surface area contributed by atoms with Crippen molar-refractivity contribution in [2.75, 3.05) is 0 Å². The first-order valence-electron chi connectivity index (χ1n) is 10.8. The predicted molar refractivity (Wildman–Crippen MR) is 132 cm³/mol. The second kappa shape index (κ2) is 9.06. The highest BCUT2D eigenvalue weighted by Gasteiger charge is 2.52. The molecule has 0 bridgehead atoms. The van der Waals surface area contributed by atoms with Crippen LogP contribution in [0.1, 0.15) is 16.7 Å². The number of nitrogens with one attached hydrogen (secondary N) is 1. The fourth-order valence-electron chi connectivity index (χ4n) is 4.24. The molecule has 2 heterocycles. The quantitative estimate of drug-likeness (QED) is 0.332. The summed E-state index contributed by atoms with van der Waals surface area (Å²) in [6, 6.07) is 23.7. The SMILES string of the molecule is O=C1N2C=C(c3ccc(O)cc3)N[C@@H](Cc3ccccc3)C2=N[C@]1(Cc1ccc(Br)cc1)OO. The Morgan fingerprint density at radius 1 is 1.00 bits per heavy atom. The Bertz CT molecular complexity index is 1260. The number of rotatable bonds is 6. The average Bonchev–Trinajstić information content (AvgIpc) is 3.14. The van der Waals surface area contributed by atoms with Crippen LogP contribution in [0.15, 0.2) is 94.5 Å². The summed E-state index contributed by atoms with van der Waals surface area (Å²) in [5, 5.41) is 23.1. The molecular formula is C26H22BrN3O4. The molecule has 0 aromatic heterocycles. The number of aromatic hydroxyl groups is 1. The number of phenolic OH excluding ortho intramolecular Hbond substituents is 1. The van der Waals surface area contributed by atoms with Crippen LogP contribution in [0.4, 0.5) is 0 Å². The Labute approximate surface area is 205 Å². The molecule has 0 saturated heterocycles. The molecule has 8 heteroatoms. The normalized spacial score (nSPS) is 21.5. The molecule has 3 aromatic rings. The Balaban J connectivity index is 1.55. The maximum absolute atomic E-state index is 13.6. The third-order valence-electron chi connectivity index (χ3n) is 5.96. The van der Waals surface area contributed by atoms with Gasteiger partial charge >= 0.3 is 0 Å². The Hall–Kier alpha value is -3.46. The van der Waals surface area contributed by atoms with E-state index in [2.05, 4.69) is 26.2 Å². The smallest absolute Gasteiger partial charge is 0.290 e. The summed E-state index contributed by atoms with van der Waals surface area (Å²) in [4.78, 5) is 24.5. The third kappa shape index (κ3) is 4.23. The maximum Gasteiger partial charge on any atom is 0.290 e. The van der Waals surface area contributed by atoms with Gasteiger partial charge in [-0.15, -0.1) is 0 Å². The van der Waals surface area contributed by atoms with E-state index in [0.717, 1.165) is 21.2 Å². The molecule has 0 aliphatic carbocycles. The lowest BCUT2D eigenvalue weighted by atomic mass is 10.0.